The minimum Gasteiger partial charge on any atom is -0.492 e. The van der Waals surface area contributed by atoms with E-state index in [0.717, 1.165) is 4.47 Å². The van der Waals surface area contributed by atoms with Gasteiger partial charge in [-0.3, -0.25) is 0 Å². The van der Waals surface area contributed by atoms with Gasteiger partial charge in [-0.2, -0.15) is 0 Å². The summed E-state index contributed by atoms with van der Waals surface area (Å²) in [6, 6.07) is 12.2. The minimum absolute atomic E-state index is 0.0903. The summed E-state index contributed by atoms with van der Waals surface area (Å²) in [7, 11) is -3.41. The van der Waals surface area contributed by atoms with E-state index in [1.807, 2.05) is 12.1 Å². The van der Waals surface area contributed by atoms with Gasteiger partial charge in [0.15, 0.2) is 9.84 Å². The van der Waals surface area contributed by atoms with E-state index >= 15 is 0 Å². The van der Waals surface area contributed by atoms with Crippen LogP contribution in [0.15, 0.2) is 51.8 Å². The lowest BCUT2D eigenvalue weighted by atomic mass is 10.2. The van der Waals surface area contributed by atoms with Gasteiger partial charge in [0.25, 0.3) is 0 Å². The Morgan fingerprint density at radius 2 is 1.90 bits per heavy atom. The maximum absolute atomic E-state index is 12.3. The van der Waals surface area contributed by atoms with E-state index in [2.05, 4.69) is 15.9 Å². The smallest absolute Gasteiger partial charge is 0.182 e. The van der Waals surface area contributed by atoms with Crippen LogP contribution in [0.25, 0.3) is 0 Å². The van der Waals surface area contributed by atoms with Gasteiger partial charge in [-0.15, -0.1) is 0 Å². The molecule has 0 atom stereocenters. The van der Waals surface area contributed by atoms with Crippen molar-refractivity contribution in [2.45, 2.75) is 11.8 Å². The molecule has 0 heterocycles. The highest BCUT2D eigenvalue weighted by atomic mass is 79.9. The molecule has 0 unspecified atom stereocenters. The molecule has 2 aromatic rings. The number of hydrogen-bond donors (Lipinski definition) is 1. The highest BCUT2D eigenvalue weighted by Gasteiger charge is 2.18. The van der Waals surface area contributed by atoms with Gasteiger partial charge >= 0.3 is 0 Å². The average Bonchev–Trinajstić information content (AvgIpc) is 2.41. The van der Waals surface area contributed by atoms with E-state index in [1.165, 1.54) is 0 Å². The molecule has 2 aromatic carbocycles. The summed E-state index contributed by atoms with van der Waals surface area (Å²) in [5, 5.41) is 0. The Kier molecular flexibility index (Phi) is 4.90. The second-order valence-corrected chi connectivity index (χ2v) is 7.59. The number of nitrogens with two attached hydrogens (primary N) is 1. The molecule has 2 rings (SSSR count). The SMILES string of the molecule is Cc1c(N)cccc1S(=O)(=O)CCOc1cccc(Br)c1. The van der Waals surface area contributed by atoms with Crippen LogP contribution < -0.4 is 10.5 Å². The summed E-state index contributed by atoms with van der Waals surface area (Å²) in [6.45, 7) is 1.80. The first-order chi connectivity index (χ1) is 9.90. The Hall–Kier alpha value is -1.53. The van der Waals surface area contributed by atoms with E-state index in [4.69, 9.17) is 10.5 Å². The molecule has 0 bridgehead atoms. The number of hydrogen-bond acceptors (Lipinski definition) is 4. The first-order valence-electron chi connectivity index (χ1n) is 6.36. The zero-order chi connectivity index (χ0) is 15.5. The van der Waals surface area contributed by atoms with E-state index in [-0.39, 0.29) is 17.3 Å². The molecule has 0 saturated carbocycles. The van der Waals surface area contributed by atoms with E-state index in [1.54, 1.807) is 37.3 Å². The third kappa shape index (κ3) is 3.98. The Morgan fingerprint density at radius 3 is 2.62 bits per heavy atom. The van der Waals surface area contributed by atoms with Gasteiger partial charge in [-0.1, -0.05) is 28.1 Å². The van der Waals surface area contributed by atoms with Gasteiger partial charge in [0.2, 0.25) is 0 Å². The fourth-order valence-electron chi connectivity index (χ4n) is 1.90. The predicted molar refractivity (Wildman–Crippen MR) is 87.3 cm³/mol. The number of nitrogen functional groups attached to an aromatic ring is 1. The molecule has 2 N–H and O–H groups in total. The van der Waals surface area contributed by atoms with Gasteiger partial charge in [-0.05, 0) is 42.8 Å². The quantitative estimate of drug-likeness (QED) is 0.821. The van der Waals surface area contributed by atoms with Crippen molar-refractivity contribution in [3.8, 4) is 5.75 Å². The number of rotatable bonds is 5. The minimum atomic E-state index is -3.41. The van der Waals surface area contributed by atoms with Gasteiger partial charge in [0, 0.05) is 10.2 Å². The lowest BCUT2D eigenvalue weighted by Gasteiger charge is -2.10. The fraction of sp³-hybridized carbons (Fsp3) is 0.200. The van der Waals surface area contributed by atoms with Crippen LogP contribution in [0, 0.1) is 6.92 Å². The molecular formula is C15H16BrNO3S. The lowest BCUT2D eigenvalue weighted by Crippen LogP contribution is -2.15. The summed E-state index contributed by atoms with van der Waals surface area (Å²) in [6.07, 6.45) is 0. The van der Waals surface area contributed by atoms with Crippen LogP contribution in [-0.2, 0) is 9.84 Å². The molecule has 0 fully saturated rings. The molecule has 0 radical (unpaired) electrons. The molecule has 0 amide bonds. The zero-order valence-electron chi connectivity index (χ0n) is 11.5. The van der Waals surface area contributed by atoms with Crippen LogP contribution in [0.5, 0.6) is 5.75 Å². The number of anilines is 1. The van der Waals surface area contributed by atoms with E-state index in [0.29, 0.717) is 17.0 Å². The Bertz CT molecular complexity index is 744. The standard InChI is InChI=1S/C15H16BrNO3S/c1-11-14(17)6-3-7-15(11)21(18,19)9-8-20-13-5-2-4-12(16)10-13/h2-7,10H,8-9,17H2,1H3. The highest BCUT2D eigenvalue weighted by Crippen LogP contribution is 2.22. The van der Waals surface area contributed by atoms with Crippen molar-refractivity contribution in [2.24, 2.45) is 0 Å². The maximum atomic E-state index is 12.3. The Labute approximate surface area is 133 Å². The molecular weight excluding hydrogens is 354 g/mol. The second-order valence-electron chi connectivity index (χ2n) is 4.60. The lowest BCUT2D eigenvalue weighted by molar-refractivity contribution is 0.340. The van der Waals surface area contributed by atoms with Crippen LogP contribution in [-0.4, -0.2) is 20.8 Å². The number of ether oxygens (including phenoxy) is 1. The average molecular weight is 370 g/mol. The Balaban J connectivity index is 2.07. The van der Waals surface area contributed by atoms with Crippen molar-refractivity contribution in [1.29, 1.82) is 0 Å². The molecule has 0 aliphatic heterocycles. The number of halogens is 1. The van der Waals surface area contributed by atoms with Gasteiger partial charge in [-0.25, -0.2) is 8.42 Å². The second kappa shape index (κ2) is 6.49. The molecule has 0 aliphatic rings. The molecule has 4 nitrogen and oxygen atoms in total. The van der Waals surface area contributed by atoms with Crippen LogP contribution >= 0.6 is 15.9 Å². The molecule has 0 aromatic heterocycles. The first-order valence-corrected chi connectivity index (χ1v) is 8.81. The zero-order valence-corrected chi connectivity index (χ0v) is 13.9. The van der Waals surface area contributed by atoms with Crippen molar-refractivity contribution in [2.75, 3.05) is 18.1 Å². The van der Waals surface area contributed by atoms with Gasteiger partial charge < -0.3 is 10.5 Å². The highest BCUT2D eigenvalue weighted by molar-refractivity contribution is 9.10. The maximum Gasteiger partial charge on any atom is 0.182 e. The largest absolute Gasteiger partial charge is 0.492 e. The first kappa shape index (κ1) is 15.9. The monoisotopic (exact) mass is 369 g/mol. The fourth-order valence-corrected chi connectivity index (χ4v) is 3.68. The molecule has 21 heavy (non-hydrogen) atoms. The predicted octanol–water partition coefficient (Wildman–Crippen LogP) is 3.19. The van der Waals surface area contributed by atoms with Crippen molar-refractivity contribution in [3.05, 3.63) is 52.5 Å². The van der Waals surface area contributed by atoms with Crippen molar-refractivity contribution < 1.29 is 13.2 Å². The third-order valence-electron chi connectivity index (χ3n) is 3.08. The molecule has 0 spiro atoms. The van der Waals surface area contributed by atoms with E-state index in [9.17, 15) is 8.42 Å². The number of benzene rings is 2. The van der Waals surface area contributed by atoms with Crippen molar-refractivity contribution >= 4 is 31.5 Å². The van der Waals surface area contributed by atoms with Crippen LogP contribution in [0.4, 0.5) is 5.69 Å². The molecule has 112 valence electrons. The summed E-state index contributed by atoms with van der Waals surface area (Å²) in [5.41, 5.74) is 6.81. The Morgan fingerprint density at radius 1 is 1.19 bits per heavy atom. The normalized spacial score (nSPS) is 11.3. The summed E-state index contributed by atoms with van der Waals surface area (Å²) < 4.78 is 31.0. The van der Waals surface area contributed by atoms with Gasteiger partial charge in [0.1, 0.15) is 12.4 Å². The topological polar surface area (TPSA) is 69.4 Å². The van der Waals surface area contributed by atoms with Crippen molar-refractivity contribution in [1.82, 2.24) is 0 Å². The van der Waals surface area contributed by atoms with E-state index < -0.39 is 9.84 Å². The molecule has 0 aliphatic carbocycles. The van der Waals surface area contributed by atoms with Gasteiger partial charge in [0.05, 0.1) is 10.6 Å². The summed E-state index contributed by atoms with van der Waals surface area (Å²) in [4.78, 5) is 0.264. The van der Waals surface area contributed by atoms with Crippen LogP contribution in [0.2, 0.25) is 0 Å². The summed E-state index contributed by atoms with van der Waals surface area (Å²) in [5.74, 6) is 0.535. The van der Waals surface area contributed by atoms with Crippen molar-refractivity contribution in [3.63, 3.8) is 0 Å². The number of sulfone groups is 1. The summed E-state index contributed by atoms with van der Waals surface area (Å²) >= 11 is 3.34. The van der Waals surface area contributed by atoms with Crippen LogP contribution in [0.3, 0.4) is 0 Å². The third-order valence-corrected chi connectivity index (χ3v) is 5.39. The van der Waals surface area contributed by atoms with Crippen LogP contribution in [0.1, 0.15) is 5.56 Å². The molecule has 0 saturated heterocycles. The molecule has 6 heteroatoms.